The molecule has 0 N–H and O–H groups in total. The van der Waals surface area contributed by atoms with Gasteiger partial charge in [-0.05, 0) is 55.5 Å². The summed E-state index contributed by atoms with van der Waals surface area (Å²) in [5.41, 5.74) is 2.65. The van der Waals surface area contributed by atoms with E-state index in [1.54, 1.807) is 49.4 Å². The third kappa shape index (κ3) is 4.26. The molecule has 0 atom stereocenters. The van der Waals surface area contributed by atoms with Crippen LogP contribution < -0.4 is 10.2 Å². The molecule has 0 fully saturated rings. The number of hydrogen-bond donors (Lipinski definition) is 0. The molecule has 0 aliphatic heterocycles. The van der Waals surface area contributed by atoms with Crippen LogP contribution in [-0.2, 0) is 11.3 Å². The highest BCUT2D eigenvalue weighted by atomic mass is 16.5. The van der Waals surface area contributed by atoms with Gasteiger partial charge in [0.15, 0.2) is 11.0 Å². The first-order valence-corrected chi connectivity index (χ1v) is 10.9. The molecule has 0 unspecified atom stereocenters. The van der Waals surface area contributed by atoms with Crippen molar-refractivity contribution in [1.82, 2.24) is 4.98 Å². The zero-order valence-corrected chi connectivity index (χ0v) is 18.5. The molecule has 0 aliphatic carbocycles. The van der Waals surface area contributed by atoms with Gasteiger partial charge in [-0.2, -0.15) is 0 Å². The predicted octanol–water partition coefficient (Wildman–Crippen LogP) is 5.76. The molecule has 3 aromatic carbocycles. The molecule has 0 saturated carbocycles. The quantitative estimate of drug-likeness (QED) is 0.305. The van der Waals surface area contributed by atoms with Crippen LogP contribution in [0.1, 0.15) is 23.0 Å². The predicted molar refractivity (Wildman–Crippen MR) is 130 cm³/mol. The van der Waals surface area contributed by atoms with Crippen molar-refractivity contribution in [3.63, 3.8) is 0 Å². The van der Waals surface area contributed by atoms with Gasteiger partial charge in [0.1, 0.15) is 23.7 Å². The molecule has 0 saturated heterocycles. The van der Waals surface area contributed by atoms with Gasteiger partial charge >= 0.3 is 5.97 Å². The van der Waals surface area contributed by atoms with E-state index in [1.807, 2.05) is 36.4 Å². The lowest BCUT2D eigenvalue weighted by atomic mass is 10.1. The summed E-state index contributed by atoms with van der Waals surface area (Å²) in [6.07, 6.45) is 0. The number of esters is 1. The van der Waals surface area contributed by atoms with E-state index >= 15 is 0 Å². The molecular formula is C28H21NO5. The Morgan fingerprint density at radius 2 is 1.76 bits per heavy atom. The van der Waals surface area contributed by atoms with Crippen LogP contribution in [0.5, 0.6) is 5.75 Å². The summed E-state index contributed by atoms with van der Waals surface area (Å²) >= 11 is 0. The smallest absolute Gasteiger partial charge is 0.341 e. The summed E-state index contributed by atoms with van der Waals surface area (Å²) in [4.78, 5) is 29.6. The highest BCUT2D eigenvalue weighted by Gasteiger charge is 2.16. The molecule has 0 spiro atoms. The normalized spacial score (nSPS) is 11.0. The van der Waals surface area contributed by atoms with Crippen molar-refractivity contribution in [1.29, 1.82) is 0 Å². The second-order valence-corrected chi connectivity index (χ2v) is 7.69. The number of fused-ring (bicyclic) bond motifs is 2. The molecule has 168 valence electrons. The fourth-order valence-corrected chi connectivity index (χ4v) is 3.75. The minimum absolute atomic E-state index is 0.214. The van der Waals surface area contributed by atoms with Crippen molar-refractivity contribution in [3.05, 3.63) is 106 Å². The molecule has 5 aromatic rings. The number of para-hydroxylation sites is 2. The Bertz CT molecular complexity index is 1550. The Balaban J connectivity index is 1.39. The summed E-state index contributed by atoms with van der Waals surface area (Å²) in [6.45, 7) is 2.29. The first kappa shape index (κ1) is 21.4. The average molecular weight is 451 g/mol. The molecule has 2 heterocycles. The number of benzene rings is 3. The zero-order valence-electron chi connectivity index (χ0n) is 18.5. The summed E-state index contributed by atoms with van der Waals surface area (Å²) < 4.78 is 17.0. The number of carbonyl (C=O) groups excluding carboxylic acids is 1. The maximum Gasteiger partial charge on any atom is 0.341 e. The van der Waals surface area contributed by atoms with Crippen LogP contribution in [0.25, 0.3) is 33.2 Å². The largest absolute Gasteiger partial charge is 0.487 e. The van der Waals surface area contributed by atoms with E-state index < -0.39 is 5.97 Å². The summed E-state index contributed by atoms with van der Waals surface area (Å²) in [5, 5.41) is 1.41. The monoisotopic (exact) mass is 451 g/mol. The number of nitrogens with zero attached hydrogens (tertiary/aromatic N) is 1. The Morgan fingerprint density at radius 1 is 0.941 bits per heavy atom. The van der Waals surface area contributed by atoms with Crippen LogP contribution in [-0.4, -0.2) is 17.6 Å². The van der Waals surface area contributed by atoms with Gasteiger partial charge in [-0.1, -0.05) is 30.3 Å². The summed E-state index contributed by atoms with van der Waals surface area (Å²) in [7, 11) is 0. The first-order chi connectivity index (χ1) is 16.6. The fourth-order valence-electron chi connectivity index (χ4n) is 3.75. The van der Waals surface area contributed by atoms with Gasteiger partial charge in [0.25, 0.3) is 0 Å². The van der Waals surface area contributed by atoms with E-state index in [-0.39, 0.29) is 23.2 Å². The number of ether oxygens (including phenoxy) is 2. The van der Waals surface area contributed by atoms with E-state index in [0.29, 0.717) is 29.1 Å². The van der Waals surface area contributed by atoms with Crippen LogP contribution in [0.4, 0.5) is 0 Å². The van der Waals surface area contributed by atoms with E-state index in [0.717, 1.165) is 16.6 Å². The zero-order chi connectivity index (χ0) is 23.5. The summed E-state index contributed by atoms with van der Waals surface area (Å²) in [5.74, 6) is 0.491. The van der Waals surface area contributed by atoms with E-state index in [9.17, 15) is 9.59 Å². The van der Waals surface area contributed by atoms with Crippen molar-refractivity contribution in [2.75, 3.05) is 6.61 Å². The second kappa shape index (κ2) is 9.19. The number of aromatic nitrogens is 1. The third-order valence-corrected chi connectivity index (χ3v) is 5.43. The molecule has 0 bridgehead atoms. The molecule has 6 heteroatoms. The van der Waals surface area contributed by atoms with Crippen molar-refractivity contribution in [2.45, 2.75) is 13.5 Å². The molecule has 6 nitrogen and oxygen atoms in total. The molecule has 0 amide bonds. The van der Waals surface area contributed by atoms with E-state index in [1.165, 1.54) is 6.07 Å². The molecule has 34 heavy (non-hydrogen) atoms. The SMILES string of the molecule is CCOC(=O)c1cccc2c(=O)cc(-c3ccc(OCc4ccc5ccccc5n4)cc3)oc12. The minimum atomic E-state index is -0.528. The number of rotatable bonds is 6. The van der Waals surface area contributed by atoms with Gasteiger partial charge in [-0.3, -0.25) is 4.79 Å². The molecule has 5 rings (SSSR count). The standard InChI is InChI=1S/C28H21NO5/c1-2-32-28(31)23-8-5-7-22-25(30)16-26(34-27(22)23)19-11-14-21(15-12-19)33-17-20-13-10-18-6-3-4-9-24(18)29-20/h3-16H,2,17H2,1H3. The van der Waals surface area contributed by atoms with Crippen molar-refractivity contribution >= 4 is 27.8 Å². The fraction of sp³-hybridized carbons (Fsp3) is 0.107. The van der Waals surface area contributed by atoms with Gasteiger partial charge < -0.3 is 13.9 Å². The highest BCUT2D eigenvalue weighted by Crippen LogP contribution is 2.27. The first-order valence-electron chi connectivity index (χ1n) is 10.9. The molecular weight excluding hydrogens is 430 g/mol. The van der Waals surface area contributed by atoms with Crippen molar-refractivity contribution in [2.24, 2.45) is 0 Å². The Morgan fingerprint density at radius 3 is 2.59 bits per heavy atom. The third-order valence-electron chi connectivity index (χ3n) is 5.43. The van der Waals surface area contributed by atoms with Crippen LogP contribution in [0.15, 0.2) is 94.1 Å². The van der Waals surface area contributed by atoms with Gasteiger partial charge in [0.05, 0.1) is 23.2 Å². The number of hydrogen-bond acceptors (Lipinski definition) is 6. The lowest BCUT2D eigenvalue weighted by Gasteiger charge is -2.09. The Hall–Kier alpha value is -4.45. The average Bonchev–Trinajstić information content (AvgIpc) is 2.87. The molecule has 0 radical (unpaired) electrons. The minimum Gasteiger partial charge on any atom is -0.487 e. The highest BCUT2D eigenvalue weighted by molar-refractivity contribution is 6.02. The van der Waals surface area contributed by atoms with E-state index in [4.69, 9.17) is 13.9 Å². The van der Waals surface area contributed by atoms with Gasteiger partial charge in [-0.25, -0.2) is 9.78 Å². The summed E-state index contributed by atoms with van der Waals surface area (Å²) in [6, 6.07) is 25.4. The lowest BCUT2D eigenvalue weighted by molar-refractivity contribution is 0.0527. The van der Waals surface area contributed by atoms with Gasteiger partial charge in [0, 0.05) is 17.0 Å². The van der Waals surface area contributed by atoms with E-state index in [2.05, 4.69) is 4.98 Å². The van der Waals surface area contributed by atoms with Crippen LogP contribution in [0, 0.1) is 0 Å². The lowest BCUT2D eigenvalue weighted by Crippen LogP contribution is -2.08. The number of carbonyl (C=O) groups is 1. The Kier molecular flexibility index (Phi) is 5.79. The maximum absolute atomic E-state index is 12.7. The molecule has 0 aliphatic rings. The van der Waals surface area contributed by atoms with Crippen LogP contribution in [0.2, 0.25) is 0 Å². The molecule has 2 aromatic heterocycles. The van der Waals surface area contributed by atoms with Gasteiger partial charge in [0.2, 0.25) is 0 Å². The second-order valence-electron chi connectivity index (χ2n) is 7.69. The van der Waals surface area contributed by atoms with Crippen molar-refractivity contribution in [3.8, 4) is 17.1 Å². The maximum atomic E-state index is 12.7. The van der Waals surface area contributed by atoms with Crippen LogP contribution in [0.3, 0.4) is 0 Å². The van der Waals surface area contributed by atoms with Gasteiger partial charge in [-0.15, -0.1) is 0 Å². The topological polar surface area (TPSA) is 78.6 Å². The van der Waals surface area contributed by atoms with Crippen LogP contribution >= 0.6 is 0 Å². The Labute approximate surface area is 195 Å². The van der Waals surface area contributed by atoms with Crippen molar-refractivity contribution < 1.29 is 18.7 Å². The number of pyridine rings is 1.